The third kappa shape index (κ3) is 3.58. The van der Waals surface area contributed by atoms with Crippen molar-refractivity contribution in [1.29, 1.82) is 0 Å². The molecular weight excluding hydrogens is 324 g/mol. The van der Waals surface area contributed by atoms with Gasteiger partial charge in [0.25, 0.3) is 0 Å². The average molecular weight is 341 g/mol. The van der Waals surface area contributed by atoms with Crippen LogP contribution in [0.1, 0.15) is 18.4 Å². The smallest absolute Gasteiger partial charge is 0.313 e. The molecule has 0 aromatic heterocycles. The molecule has 20 heavy (non-hydrogen) atoms. The minimum atomic E-state index is -0.691. The first kappa shape index (κ1) is 15.0. The van der Waals surface area contributed by atoms with Crippen molar-refractivity contribution in [2.75, 3.05) is 18.5 Å². The van der Waals surface area contributed by atoms with Crippen LogP contribution in [-0.4, -0.2) is 30.1 Å². The summed E-state index contributed by atoms with van der Waals surface area (Å²) in [4.78, 5) is 23.5. The quantitative estimate of drug-likeness (QED) is 0.728. The number of benzene rings is 1. The fraction of sp³-hybridized carbons (Fsp3) is 0.429. The Morgan fingerprint density at radius 3 is 2.60 bits per heavy atom. The molecule has 2 rings (SSSR count). The van der Waals surface area contributed by atoms with Crippen molar-refractivity contribution in [2.24, 2.45) is 5.41 Å². The summed E-state index contributed by atoms with van der Waals surface area (Å²) in [6.45, 7) is 2.24. The molecule has 0 atom stereocenters. The first-order valence-electron chi connectivity index (χ1n) is 6.42. The van der Waals surface area contributed by atoms with Gasteiger partial charge in [-0.15, -0.1) is 0 Å². The van der Waals surface area contributed by atoms with Crippen molar-refractivity contribution < 1.29 is 14.7 Å². The average Bonchev–Trinajstić information content (AvgIpc) is 3.20. The van der Waals surface area contributed by atoms with E-state index < -0.39 is 11.8 Å². The molecule has 5 nitrogen and oxygen atoms in total. The lowest BCUT2D eigenvalue weighted by atomic mass is 10.1. The summed E-state index contributed by atoms with van der Waals surface area (Å²) in [5, 5.41) is 14.3. The maximum absolute atomic E-state index is 11.8. The summed E-state index contributed by atoms with van der Waals surface area (Å²) in [7, 11) is 0. The van der Waals surface area contributed by atoms with Gasteiger partial charge in [0.15, 0.2) is 0 Å². The van der Waals surface area contributed by atoms with Crippen molar-refractivity contribution in [3.8, 4) is 0 Å². The van der Waals surface area contributed by atoms with Gasteiger partial charge in [-0.3, -0.25) is 9.59 Å². The highest BCUT2D eigenvalue weighted by Crippen LogP contribution is 2.44. The molecular formula is C14H17BrN2O3. The Balaban J connectivity index is 1.89. The van der Waals surface area contributed by atoms with Gasteiger partial charge < -0.3 is 15.7 Å². The first-order valence-corrected chi connectivity index (χ1v) is 7.21. The number of rotatable bonds is 4. The number of aliphatic hydroxyl groups is 1. The molecule has 0 radical (unpaired) electrons. The Bertz CT molecular complexity index is 541. The van der Waals surface area contributed by atoms with Crippen LogP contribution < -0.4 is 10.6 Å². The zero-order valence-electron chi connectivity index (χ0n) is 11.2. The zero-order chi connectivity index (χ0) is 14.8. The Morgan fingerprint density at radius 1 is 1.35 bits per heavy atom. The van der Waals surface area contributed by atoms with Gasteiger partial charge in [0.05, 0.1) is 6.61 Å². The molecule has 3 N–H and O–H groups in total. The van der Waals surface area contributed by atoms with Crippen LogP contribution in [0.25, 0.3) is 0 Å². The van der Waals surface area contributed by atoms with Gasteiger partial charge >= 0.3 is 11.8 Å². The van der Waals surface area contributed by atoms with Gasteiger partial charge in [0.1, 0.15) is 0 Å². The summed E-state index contributed by atoms with van der Waals surface area (Å²) in [6.07, 6.45) is 1.77. The fourth-order valence-corrected chi connectivity index (χ4v) is 2.34. The summed E-state index contributed by atoms with van der Waals surface area (Å²) in [6, 6.07) is 5.39. The summed E-state index contributed by atoms with van der Waals surface area (Å²) >= 11 is 3.34. The zero-order valence-corrected chi connectivity index (χ0v) is 12.8. The molecule has 0 saturated heterocycles. The van der Waals surface area contributed by atoms with E-state index in [-0.39, 0.29) is 12.0 Å². The van der Waals surface area contributed by atoms with Gasteiger partial charge in [-0.1, -0.05) is 15.9 Å². The minimum absolute atomic E-state index is 0.0424. The molecule has 1 aliphatic carbocycles. The fourth-order valence-electron chi connectivity index (χ4n) is 1.86. The Labute approximate surface area is 125 Å². The van der Waals surface area contributed by atoms with Crippen molar-refractivity contribution >= 4 is 33.4 Å². The van der Waals surface area contributed by atoms with Gasteiger partial charge in [-0.25, -0.2) is 0 Å². The van der Waals surface area contributed by atoms with Gasteiger partial charge in [-0.05, 0) is 43.5 Å². The van der Waals surface area contributed by atoms with Gasteiger partial charge in [0.2, 0.25) is 0 Å². The predicted octanol–water partition coefficient (Wildman–Crippen LogP) is 1.58. The van der Waals surface area contributed by atoms with E-state index in [1.807, 2.05) is 13.0 Å². The number of halogens is 1. The standard InChI is InChI=1S/C14H17BrN2O3/c1-9-6-10(15)2-3-11(9)17-13(20)12(19)16-7-14(8-18)4-5-14/h2-3,6,18H,4-5,7-8H2,1H3,(H,16,19)(H,17,20). The molecule has 1 aromatic rings. The Hall–Kier alpha value is -1.40. The summed E-state index contributed by atoms with van der Waals surface area (Å²) in [5.74, 6) is -1.36. The van der Waals surface area contributed by atoms with Crippen LogP contribution in [0.3, 0.4) is 0 Å². The lowest BCUT2D eigenvalue weighted by molar-refractivity contribution is -0.136. The van der Waals surface area contributed by atoms with E-state index in [1.54, 1.807) is 12.1 Å². The van der Waals surface area contributed by atoms with Crippen molar-refractivity contribution in [3.05, 3.63) is 28.2 Å². The number of nitrogens with one attached hydrogen (secondary N) is 2. The van der Waals surface area contributed by atoms with Crippen molar-refractivity contribution in [2.45, 2.75) is 19.8 Å². The van der Waals surface area contributed by atoms with E-state index in [2.05, 4.69) is 26.6 Å². The molecule has 6 heteroatoms. The van der Waals surface area contributed by atoms with Gasteiger partial charge in [0, 0.05) is 22.1 Å². The van der Waals surface area contributed by atoms with E-state index in [0.717, 1.165) is 22.9 Å². The molecule has 0 unspecified atom stereocenters. The maximum atomic E-state index is 11.8. The molecule has 1 aliphatic rings. The van der Waals surface area contributed by atoms with Crippen LogP contribution in [0.15, 0.2) is 22.7 Å². The Morgan fingerprint density at radius 2 is 2.05 bits per heavy atom. The number of anilines is 1. The second-order valence-corrected chi connectivity index (χ2v) is 6.17. The van der Waals surface area contributed by atoms with E-state index in [4.69, 9.17) is 5.11 Å². The number of carbonyl (C=O) groups excluding carboxylic acids is 2. The van der Waals surface area contributed by atoms with Crippen LogP contribution in [0.2, 0.25) is 0 Å². The number of amides is 2. The lowest BCUT2D eigenvalue weighted by Crippen LogP contribution is -2.39. The third-order valence-corrected chi connectivity index (χ3v) is 4.05. The number of hydrogen-bond acceptors (Lipinski definition) is 3. The second kappa shape index (κ2) is 5.93. The van der Waals surface area contributed by atoms with E-state index in [1.165, 1.54) is 0 Å². The SMILES string of the molecule is Cc1cc(Br)ccc1NC(=O)C(=O)NCC1(CO)CC1. The normalized spacial score (nSPS) is 15.6. The highest BCUT2D eigenvalue weighted by Gasteiger charge is 2.42. The van der Waals surface area contributed by atoms with Crippen LogP contribution in [0.4, 0.5) is 5.69 Å². The monoisotopic (exact) mass is 340 g/mol. The molecule has 0 bridgehead atoms. The topological polar surface area (TPSA) is 78.4 Å². The van der Waals surface area contributed by atoms with E-state index >= 15 is 0 Å². The second-order valence-electron chi connectivity index (χ2n) is 5.25. The van der Waals surface area contributed by atoms with E-state index in [9.17, 15) is 9.59 Å². The molecule has 0 aliphatic heterocycles. The third-order valence-electron chi connectivity index (χ3n) is 3.56. The molecule has 1 saturated carbocycles. The van der Waals surface area contributed by atoms with Gasteiger partial charge in [-0.2, -0.15) is 0 Å². The molecule has 1 aromatic carbocycles. The number of aliphatic hydroxyl groups excluding tert-OH is 1. The van der Waals surface area contributed by atoms with Crippen LogP contribution >= 0.6 is 15.9 Å². The summed E-state index contributed by atoms with van der Waals surface area (Å²) < 4.78 is 0.913. The van der Waals surface area contributed by atoms with Crippen molar-refractivity contribution in [3.63, 3.8) is 0 Å². The van der Waals surface area contributed by atoms with Crippen LogP contribution in [-0.2, 0) is 9.59 Å². The minimum Gasteiger partial charge on any atom is -0.396 e. The predicted molar refractivity (Wildman–Crippen MR) is 79.3 cm³/mol. The molecule has 0 spiro atoms. The number of aryl methyl sites for hydroxylation is 1. The lowest BCUT2D eigenvalue weighted by Gasteiger charge is -2.13. The molecule has 0 heterocycles. The Kier molecular flexibility index (Phi) is 4.45. The first-order chi connectivity index (χ1) is 9.46. The summed E-state index contributed by atoms with van der Waals surface area (Å²) in [5.41, 5.74) is 1.27. The van der Waals surface area contributed by atoms with E-state index in [0.29, 0.717) is 12.2 Å². The van der Waals surface area contributed by atoms with Crippen LogP contribution in [0, 0.1) is 12.3 Å². The van der Waals surface area contributed by atoms with Crippen LogP contribution in [0.5, 0.6) is 0 Å². The largest absolute Gasteiger partial charge is 0.396 e. The molecule has 1 fully saturated rings. The molecule has 108 valence electrons. The maximum Gasteiger partial charge on any atom is 0.313 e. The highest BCUT2D eigenvalue weighted by atomic mass is 79.9. The highest BCUT2D eigenvalue weighted by molar-refractivity contribution is 9.10. The van der Waals surface area contributed by atoms with Crippen molar-refractivity contribution in [1.82, 2.24) is 5.32 Å². The number of hydrogen-bond donors (Lipinski definition) is 3. The number of carbonyl (C=O) groups is 2. The molecule has 2 amide bonds.